The maximum Gasteiger partial charge on any atom is 0.255 e. The number of H-pyrrole nitrogens is 2. The van der Waals surface area contributed by atoms with Crippen LogP contribution >= 0.6 is 28.1 Å². The molecule has 3 N–H and O–H groups in total. The first-order valence-corrected chi connectivity index (χ1v) is 8.31. The molecule has 1 heterocycles. The molecule has 120 valence electrons. The molecule has 3 aromatic rings. The molecule has 0 fully saturated rings. The molecule has 0 aliphatic carbocycles. The van der Waals surface area contributed by atoms with E-state index >= 15 is 0 Å². The van der Waals surface area contributed by atoms with Crippen LogP contribution in [0.2, 0.25) is 0 Å². The Labute approximate surface area is 152 Å². The summed E-state index contributed by atoms with van der Waals surface area (Å²) in [4.78, 5) is 16.6. The normalized spacial score (nSPS) is 11.3. The predicted molar refractivity (Wildman–Crippen MR) is 99.7 cm³/mol. The number of nitrogens with zero attached hydrogens (tertiary/aromatic N) is 1. The van der Waals surface area contributed by atoms with Crippen LogP contribution in [0.25, 0.3) is 11.8 Å². The van der Waals surface area contributed by atoms with Gasteiger partial charge >= 0.3 is 0 Å². The van der Waals surface area contributed by atoms with E-state index in [9.17, 15) is 4.79 Å². The van der Waals surface area contributed by atoms with Crippen LogP contribution in [-0.2, 0) is 0 Å². The third-order valence-electron chi connectivity index (χ3n) is 3.22. The van der Waals surface area contributed by atoms with E-state index in [1.54, 1.807) is 12.1 Å². The molecule has 0 spiro atoms. The van der Waals surface area contributed by atoms with Gasteiger partial charge in [-0.15, -0.1) is 0 Å². The van der Waals surface area contributed by atoms with Crippen LogP contribution in [0.15, 0.2) is 59.1 Å². The largest absolute Gasteiger partial charge is 0.319 e. The lowest BCUT2D eigenvalue weighted by Crippen LogP contribution is -2.22. The number of halogens is 1. The standard InChI is InChI=1S/C17H13BrN4OS/c18-13-8-6-11(7-9-13)10-14(15-20-17(24)22-21-15)19-16(23)12-4-2-1-3-5-12/h1-10H,(H,19,23)(H2,20,21,22,24)/b14-10+. The molecule has 2 aromatic carbocycles. The van der Waals surface area contributed by atoms with Gasteiger partial charge in [-0.05, 0) is 48.1 Å². The molecular weight excluding hydrogens is 388 g/mol. The molecule has 0 aliphatic rings. The number of nitrogens with one attached hydrogen (secondary N) is 3. The molecule has 7 heteroatoms. The first kappa shape index (κ1) is 16.4. The lowest BCUT2D eigenvalue weighted by Gasteiger charge is -2.08. The zero-order valence-corrected chi connectivity index (χ0v) is 14.8. The highest BCUT2D eigenvalue weighted by Gasteiger charge is 2.11. The van der Waals surface area contributed by atoms with Crippen molar-refractivity contribution in [2.75, 3.05) is 0 Å². The van der Waals surface area contributed by atoms with Gasteiger partial charge in [-0.1, -0.05) is 46.3 Å². The Morgan fingerprint density at radius 3 is 2.42 bits per heavy atom. The Bertz CT molecular complexity index is 929. The average molecular weight is 401 g/mol. The van der Waals surface area contributed by atoms with E-state index in [1.165, 1.54) is 0 Å². The fourth-order valence-electron chi connectivity index (χ4n) is 2.07. The minimum Gasteiger partial charge on any atom is -0.319 e. The highest BCUT2D eigenvalue weighted by atomic mass is 79.9. The van der Waals surface area contributed by atoms with Crippen molar-refractivity contribution < 1.29 is 4.79 Å². The molecule has 5 nitrogen and oxygen atoms in total. The van der Waals surface area contributed by atoms with E-state index in [-0.39, 0.29) is 5.91 Å². The molecule has 0 radical (unpaired) electrons. The van der Waals surface area contributed by atoms with Gasteiger partial charge < -0.3 is 5.32 Å². The Balaban J connectivity index is 1.95. The summed E-state index contributed by atoms with van der Waals surface area (Å²) in [7, 11) is 0. The first-order valence-electron chi connectivity index (χ1n) is 7.10. The number of aromatic amines is 2. The maximum atomic E-state index is 12.4. The van der Waals surface area contributed by atoms with Crippen molar-refractivity contribution in [1.29, 1.82) is 0 Å². The van der Waals surface area contributed by atoms with E-state index in [1.807, 2.05) is 48.5 Å². The Morgan fingerprint density at radius 2 is 1.79 bits per heavy atom. The van der Waals surface area contributed by atoms with Crippen LogP contribution in [0.3, 0.4) is 0 Å². The van der Waals surface area contributed by atoms with Crippen LogP contribution in [0, 0.1) is 4.77 Å². The van der Waals surface area contributed by atoms with Gasteiger partial charge in [0.15, 0.2) is 5.82 Å². The minimum atomic E-state index is -0.221. The molecule has 0 bridgehead atoms. The predicted octanol–water partition coefficient (Wildman–Crippen LogP) is 4.16. The van der Waals surface area contributed by atoms with Crippen molar-refractivity contribution in [2.24, 2.45) is 0 Å². The summed E-state index contributed by atoms with van der Waals surface area (Å²) in [6, 6.07) is 16.7. The van der Waals surface area contributed by atoms with E-state index in [4.69, 9.17) is 12.2 Å². The summed E-state index contributed by atoms with van der Waals surface area (Å²) in [6.07, 6.45) is 1.83. The topological polar surface area (TPSA) is 73.6 Å². The van der Waals surface area contributed by atoms with Crippen molar-refractivity contribution in [3.63, 3.8) is 0 Å². The first-order chi connectivity index (χ1) is 11.6. The zero-order valence-electron chi connectivity index (χ0n) is 12.4. The van der Waals surface area contributed by atoms with E-state index < -0.39 is 0 Å². The van der Waals surface area contributed by atoms with Gasteiger partial charge in [0.2, 0.25) is 4.77 Å². The number of aromatic nitrogens is 3. The van der Waals surface area contributed by atoms with E-state index in [0.717, 1.165) is 10.0 Å². The van der Waals surface area contributed by atoms with Gasteiger partial charge in [0.05, 0.1) is 5.70 Å². The number of benzene rings is 2. The van der Waals surface area contributed by atoms with Gasteiger partial charge in [-0.25, -0.2) is 0 Å². The average Bonchev–Trinajstić information content (AvgIpc) is 3.03. The molecule has 0 saturated heterocycles. The summed E-state index contributed by atoms with van der Waals surface area (Å²) in [5.41, 5.74) is 2.01. The summed E-state index contributed by atoms with van der Waals surface area (Å²) in [6.45, 7) is 0. The third kappa shape index (κ3) is 4.06. The fraction of sp³-hybridized carbons (Fsp3) is 0. The van der Waals surface area contributed by atoms with Crippen molar-refractivity contribution in [3.05, 3.63) is 80.8 Å². The summed E-state index contributed by atoms with van der Waals surface area (Å²) in [5, 5.41) is 8.47. The van der Waals surface area contributed by atoms with Crippen molar-refractivity contribution in [3.8, 4) is 0 Å². The summed E-state index contributed by atoms with van der Waals surface area (Å²) >= 11 is 8.40. The van der Waals surface area contributed by atoms with Crippen LogP contribution in [0.1, 0.15) is 21.7 Å². The van der Waals surface area contributed by atoms with Crippen LogP contribution in [0.5, 0.6) is 0 Å². The highest BCUT2D eigenvalue weighted by molar-refractivity contribution is 9.10. The Morgan fingerprint density at radius 1 is 1.08 bits per heavy atom. The van der Waals surface area contributed by atoms with Gasteiger partial charge in [0, 0.05) is 10.0 Å². The second kappa shape index (κ2) is 7.37. The fourth-order valence-corrected chi connectivity index (χ4v) is 2.48. The van der Waals surface area contributed by atoms with Crippen molar-refractivity contribution in [1.82, 2.24) is 20.5 Å². The lowest BCUT2D eigenvalue weighted by molar-refractivity contribution is 0.0973. The quantitative estimate of drug-likeness (QED) is 0.575. The SMILES string of the molecule is O=C(N/C(=C/c1ccc(Br)cc1)c1nc(=S)[nH][nH]1)c1ccccc1. The summed E-state index contributed by atoms with van der Waals surface area (Å²) in [5.74, 6) is 0.244. The molecule has 0 aliphatic heterocycles. The third-order valence-corrected chi connectivity index (χ3v) is 3.94. The zero-order chi connectivity index (χ0) is 16.9. The summed E-state index contributed by atoms with van der Waals surface area (Å²) < 4.78 is 1.30. The number of hydrogen-bond donors (Lipinski definition) is 3. The second-order valence-electron chi connectivity index (χ2n) is 4.95. The van der Waals surface area contributed by atoms with Crippen molar-refractivity contribution in [2.45, 2.75) is 0 Å². The van der Waals surface area contributed by atoms with Gasteiger partial charge in [0.1, 0.15) is 0 Å². The lowest BCUT2D eigenvalue weighted by atomic mass is 10.1. The van der Waals surface area contributed by atoms with Crippen LogP contribution in [-0.4, -0.2) is 21.1 Å². The maximum absolute atomic E-state index is 12.4. The van der Waals surface area contributed by atoms with Crippen molar-refractivity contribution >= 4 is 45.8 Å². The van der Waals surface area contributed by atoms with Crippen LogP contribution in [0.4, 0.5) is 0 Å². The molecule has 1 aromatic heterocycles. The number of carbonyl (C=O) groups excluding carboxylic acids is 1. The Hall–Kier alpha value is -2.51. The smallest absolute Gasteiger partial charge is 0.255 e. The molecule has 24 heavy (non-hydrogen) atoms. The monoisotopic (exact) mass is 400 g/mol. The molecule has 0 unspecified atom stereocenters. The van der Waals surface area contributed by atoms with E-state index in [0.29, 0.717) is 21.9 Å². The number of rotatable bonds is 4. The number of hydrogen-bond acceptors (Lipinski definition) is 3. The van der Waals surface area contributed by atoms with E-state index in [2.05, 4.69) is 36.4 Å². The Kier molecular flexibility index (Phi) is 5.02. The van der Waals surface area contributed by atoms with Gasteiger partial charge in [0.25, 0.3) is 5.91 Å². The second-order valence-corrected chi connectivity index (χ2v) is 6.25. The van der Waals surface area contributed by atoms with Gasteiger partial charge in [-0.3, -0.25) is 15.0 Å². The number of amides is 1. The number of carbonyl (C=O) groups is 1. The molecule has 3 rings (SSSR count). The minimum absolute atomic E-state index is 0.221. The molecule has 0 atom stereocenters. The highest BCUT2D eigenvalue weighted by Crippen LogP contribution is 2.16. The van der Waals surface area contributed by atoms with Gasteiger partial charge in [-0.2, -0.15) is 4.98 Å². The van der Waals surface area contributed by atoms with Crippen LogP contribution < -0.4 is 5.32 Å². The molecular formula is C17H13BrN4OS. The molecule has 0 saturated carbocycles. The molecule has 1 amide bonds.